The number of carbonyl (C=O) groups excluding carboxylic acids is 1. The van der Waals surface area contributed by atoms with E-state index in [-0.39, 0.29) is 5.78 Å². The Kier molecular flexibility index (Phi) is 7.25. The number of aromatic nitrogens is 2. The average Bonchev–Trinajstić information content (AvgIpc) is 2.68. The zero-order valence-electron chi connectivity index (χ0n) is 11.4. The van der Waals surface area contributed by atoms with E-state index in [1.54, 1.807) is 10.9 Å². The summed E-state index contributed by atoms with van der Waals surface area (Å²) < 4.78 is 2.45. The molecule has 0 radical (unpaired) electrons. The molecule has 1 aromatic heterocycles. The van der Waals surface area contributed by atoms with Crippen LogP contribution in [-0.2, 0) is 7.05 Å². The van der Waals surface area contributed by atoms with Gasteiger partial charge < -0.3 is 0 Å². The molecule has 102 valence electrons. The lowest BCUT2D eigenvalue weighted by Crippen LogP contribution is -2.07. The minimum Gasteiger partial charge on any atom is -0.292 e. The van der Waals surface area contributed by atoms with Crippen LogP contribution in [0.25, 0.3) is 0 Å². The molecular weight excluding hydrogens is 292 g/mol. The predicted molar refractivity (Wildman–Crippen MR) is 77.8 cm³/mol. The Morgan fingerprint density at radius 2 is 1.83 bits per heavy atom. The first-order valence-electron chi connectivity index (χ1n) is 6.87. The molecule has 1 aromatic rings. The van der Waals surface area contributed by atoms with Crippen molar-refractivity contribution in [2.24, 2.45) is 7.05 Å². The maximum Gasteiger partial charge on any atom is 0.182 e. The van der Waals surface area contributed by atoms with Crippen LogP contribution in [0.5, 0.6) is 0 Å². The number of Topliss-reactive ketones (excluding diaryl/α,β-unsaturated/α-hetero) is 1. The van der Waals surface area contributed by atoms with Gasteiger partial charge in [-0.3, -0.25) is 9.48 Å². The lowest BCUT2D eigenvalue weighted by Gasteiger charge is -2.03. The third kappa shape index (κ3) is 4.92. The Morgan fingerprint density at radius 1 is 1.22 bits per heavy atom. The zero-order valence-corrected chi connectivity index (χ0v) is 13.0. The van der Waals surface area contributed by atoms with Gasteiger partial charge in [-0.1, -0.05) is 45.4 Å². The number of nitrogens with zero attached hydrogens (tertiary/aromatic N) is 2. The van der Waals surface area contributed by atoms with Crippen LogP contribution in [0.4, 0.5) is 0 Å². The highest BCUT2D eigenvalue weighted by atomic mass is 79.9. The molecule has 0 amide bonds. The van der Waals surface area contributed by atoms with E-state index >= 15 is 0 Å². The molecule has 0 saturated carbocycles. The Bertz CT molecular complexity index is 354. The summed E-state index contributed by atoms with van der Waals surface area (Å²) >= 11 is 3.36. The molecular formula is C14H23BrN2O. The van der Waals surface area contributed by atoms with Crippen molar-refractivity contribution in [2.45, 2.75) is 58.3 Å². The van der Waals surface area contributed by atoms with Gasteiger partial charge in [-0.25, -0.2) is 0 Å². The number of rotatable bonds is 9. The van der Waals surface area contributed by atoms with Gasteiger partial charge in [-0.2, -0.15) is 5.10 Å². The van der Waals surface area contributed by atoms with E-state index in [0.29, 0.717) is 12.1 Å². The van der Waals surface area contributed by atoms with Crippen molar-refractivity contribution in [1.29, 1.82) is 0 Å². The number of halogens is 1. The van der Waals surface area contributed by atoms with Crippen LogP contribution >= 0.6 is 15.9 Å². The standard InChI is InChI=1S/C14H23BrN2O/c1-3-4-5-6-7-8-9-10-13(18)14-12(15)11-16-17(14)2/h11H,3-10H2,1-2H3. The molecule has 0 spiro atoms. The maximum absolute atomic E-state index is 12.0. The van der Waals surface area contributed by atoms with Crippen LogP contribution in [0.3, 0.4) is 0 Å². The van der Waals surface area contributed by atoms with E-state index < -0.39 is 0 Å². The molecule has 1 heterocycles. The summed E-state index contributed by atoms with van der Waals surface area (Å²) in [7, 11) is 1.81. The highest BCUT2D eigenvalue weighted by Gasteiger charge is 2.14. The first-order valence-corrected chi connectivity index (χ1v) is 7.66. The fourth-order valence-corrected chi connectivity index (χ4v) is 2.65. The second-order valence-electron chi connectivity index (χ2n) is 4.76. The van der Waals surface area contributed by atoms with Crippen molar-refractivity contribution in [2.75, 3.05) is 0 Å². The molecule has 3 nitrogen and oxygen atoms in total. The van der Waals surface area contributed by atoms with Crippen molar-refractivity contribution in [3.8, 4) is 0 Å². The van der Waals surface area contributed by atoms with Gasteiger partial charge in [-0.05, 0) is 22.4 Å². The number of hydrogen-bond donors (Lipinski definition) is 0. The largest absolute Gasteiger partial charge is 0.292 e. The monoisotopic (exact) mass is 314 g/mol. The maximum atomic E-state index is 12.0. The Balaban J connectivity index is 2.18. The third-order valence-electron chi connectivity index (χ3n) is 3.17. The second kappa shape index (κ2) is 8.46. The number of hydrogen-bond acceptors (Lipinski definition) is 2. The van der Waals surface area contributed by atoms with E-state index in [4.69, 9.17) is 0 Å². The molecule has 0 unspecified atom stereocenters. The van der Waals surface area contributed by atoms with Crippen molar-refractivity contribution in [1.82, 2.24) is 9.78 Å². The van der Waals surface area contributed by atoms with Crippen LogP contribution in [0.2, 0.25) is 0 Å². The van der Waals surface area contributed by atoms with E-state index in [1.807, 2.05) is 7.05 Å². The van der Waals surface area contributed by atoms with Crippen LogP contribution in [0.15, 0.2) is 10.7 Å². The van der Waals surface area contributed by atoms with Crippen molar-refractivity contribution < 1.29 is 4.79 Å². The second-order valence-corrected chi connectivity index (χ2v) is 5.61. The lowest BCUT2D eigenvalue weighted by molar-refractivity contribution is 0.0969. The van der Waals surface area contributed by atoms with E-state index in [2.05, 4.69) is 28.0 Å². The van der Waals surface area contributed by atoms with Crippen molar-refractivity contribution in [3.05, 3.63) is 16.4 Å². The van der Waals surface area contributed by atoms with Gasteiger partial charge in [0, 0.05) is 13.5 Å². The van der Waals surface area contributed by atoms with Gasteiger partial charge >= 0.3 is 0 Å². The summed E-state index contributed by atoms with van der Waals surface area (Å²) in [6, 6.07) is 0. The molecule has 0 aliphatic rings. The average molecular weight is 315 g/mol. The fraction of sp³-hybridized carbons (Fsp3) is 0.714. The zero-order chi connectivity index (χ0) is 13.4. The van der Waals surface area contributed by atoms with E-state index in [9.17, 15) is 4.79 Å². The highest BCUT2D eigenvalue weighted by molar-refractivity contribution is 9.10. The summed E-state index contributed by atoms with van der Waals surface area (Å²) in [5.74, 6) is 0.190. The molecule has 0 fully saturated rings. The Hall–Kier alpha value is -0.640. The predicted octanol–water partition coefficient (Wildman–Crippen LogP) is 4.51. The lowest BCUT2D eigenvalue weighted by atomic mass is 10.1. The molecule has 0 bridgehead atoms. The Labute approximate surface area is 118 Å². The summed E-state index contributed by atoms with van der Waals surface area (Å²) in [5, 5.41) is 4.06. The molecule has 4 heteroatoms. The normalized spacial score (nSPS) is 10.8. The quantitative estimate of drug-likeness (QED) is 0.496. The molecule has 0 aliphatic heterocycles. The van der Waals surface area contributed by atoms with Crippen molar-refractivity contribution in [3.63, 3.8) is 0 Å². The molecule has 18 heavy (non-hydrogen) atoms. The smallest absolute Gasteiger partial charge is 0.182 e. The molecule has 0 aromatic carbocycles. The first kappa shape index (κ1) is 15.4. The summed E-state index contributed by atoms with van der Waals surface area (Å²) in [4.78, 5) is 12.0. The number of unbranched alkanes of at least 4 members (excludes halogenated alkanes) is 6. The van der Waals surface area contributed by atoms with Gasteiger partial charge in [0.15, 0.2) is 5.78 Å². The topological polar surface area (TPSA) is 34.9 Å². The van der Waals surface area contributed by atoms with Crippen molar-refractivity contribution >= 4 is 21.7 Å². The molecule has 0 N–H and O–H groups in total. The summed E-state index contributed by atoms with van der Waals surface area (Å²) in [5.41, 5.74) is 0.695. The number of carbonyl (C=O) groups is 1. The minimum absolute atomic E-state index is 0.190. The van der Waals surface area contributed by atoms with Gasteiger partial charge in [0.1, 0.15) is 5.69 Å². The Morgan fingerprint density at radius 3 is 2.39 bits per heavy atom. The van der Waals surface area contributed by atoms with Gasteiger partial charge in [0.05, 0.1) is 10.7 Å². The van der Waals surface area contributed by atoms with Gasteiger partial charge in [0.25, 0.3) is 0 Å². The highest BCUT2D eigenvalue weighted by Crippen LogP contribution is 2.18. The number of ketones is 1. The first-order chi connectivity index (χ1) is 8.66. The fourth-order valence-electron chi connectivity index (χ4n) is 2.09. The van der Waals surface area contributed by atoms with Crippen LogP contribution in [-0.4, -0.2) is 15.6 Å². The summed E-state index contributed by atoms with van der Waals surface area (Å²) in [6.07, 6.45) is 11.0. The van der Waals surface area contributed by atoms with Crippen LogP contribution < -0.4 is 0 Å². The molecule has 0 aliphatic carbocycles. The molecule has 1 rings (SSSR count). The van der Waals surface area contributed by atoms with Crippen LogP contribution in [0, 0.1) is 0 Å². The van der Waals surface area contributed by atoms with E-state index in [0.717, 1.165) is 17.3 Å². The van der Waals surface area contributed by atoms with Gasteiger partial charge in [0.2, 0.25) is 0 Å². The third-order valence-corrected chi connectivity index (χ3v) is 3.75. The summed E-state index contributed by atoms with van der Waals surface area (Å²) in [6.45, 7) is 2.23. The number of aryl methyl sites for hydroxylation is 1. The minimum atomic E-state index is 0.190. The SMILES string of the molecule is CCCCCCCCCC(=O)c1c(Br)cnn1C. The van der Waals surface area contributed by atoms with Crippen LogP contribution in [0.1, 0.15) is 68.8 Å². The van der Waals surface area contributed by atoms with E-state index in [1.165, 1.54) is 32.1 Å². The van der Waals surface area contributed by atoms with Gasteiger partial charge in [-0.15, -0.1) is 0 Å². The molecule has 0 atom stereocenters. The molecule has 0 saturated heterocycles.